The summed E-state index contributed by atoms with van der Waals surface area (Å²) in [6.07, 6.45) is 1.89. The first-order valence-electron chi connectivity index (χ1n) is 9.05. The van der Waals surface area contributed by atoms with E-state index in [0.717, 1.165) is 16.9 Å². The van der Waals surface area contributed by atoms with Gasteiger partial charge in [0.05, 0.1) is 18.8 Å². The SMILES string of the molecule is CN(Cc1ccc(F)cc1)c1ccc2ccc(C(=O)N3CCOCC3)cn12. The number of carbonyl (C=O) groups is 1. The number of hydrogen-bond donors (Lipinski definition) is 0. The van der Waals surface area contributed by atoms with E-state index < -0.39 is 0 Å². The summed E-state index contributed by atoms with van der Waals surface area (Å²) in [5.41, 5.74) is 2.71. The van der Waals surface area contributed by atoms with Gasteiger partial charge in [-0.1, -0.05) is 12.1 Å². The van der Waals surface area contributed by atoms with Crippen LogP contribution in [0.25, 0.3) is 5.52 Å². The van der Waals surface area contributed by atoms with Crippen molar-refractivity contribution in [3.63, 3.8) is 0 Å². The van der Waals surface area contributed by atoms with E-state index in [4.69, 9.17) is 4.74 Å². The van der Waals surface area contributed by atoms with Gasteiger partial charge in [-0.15, -0.1) is 0 Å². The monoisotopic (exact) mass is 367 g/mol. The Kier molecular flexibility index (Phi) is 4.81. The number of fused-ring (bicyclic) bond motifs is 1. The first kappa shape index (κ1) is 17.5. The maximum atomic E-state index is 13.1. The zero-order chi connectivity index (χ0) is 18.8. The molecule has 0 atom stereocenters. The number of halogens is 1. The van der Waals surface area contributed by atoms with Gasteiger partial charge in [0.15, 0.2) is 0 Å². The summed E-state index contributed by atoms with van der Waals surface area (Å²) in [7, 11) is 1.99. The van der Waals surface area contributed by atoms with Crippen molar-refractivity contribution in [2.45, 2.75) is 6.54 Å². The molecule has 1 aliphatic heterocycles. The van der Waals surface area contributed by atoms with Gasteiger partial charge < -0.3 is 18.9 Å². The Balaban J connectivity index is 1.59. The predicted octanol–water partition coefficient (Wildman–Crippen LogP) is 3.19. The Morgan fingerprint density at radius 1 is 1.07 bits per heavy atom. The van der Waals surface area contributed by atoms with Gasteiger partial charge in [0.25, 0.3) is 5.91 Å². The third-order valence-electron chi connectivity index (χ3n) is 4.90. The molecule has 3 aromatic rings. The highest BCUT2D eigenvalue weighted by molar-refractivity contribution is 5.94. The standard InChI is InChI=1S/C21H22FN3O2/c1-23(14-16-2-5-18(22)6-3-16)20-9-8-19-7-4-17(15-25(19)20)21(26)24-10-12-27-13-11-24/h2-9,15H,10-14H2,1H3. The highest BCUT2D eigenvalue weighted by Gasteiger charge is 2.19. The van der Waals surface area contributed by atoms with Gasteiger partial charge in [0, 0.05) is 38.4 Å². The number of morpholine rings is 1. The summed E-state index contributed by atoms with van der Waals surface area (Å²) >= 11 is 0. The van der Waals surface area contributed by atoms with Crippen LogP contribution in [0.1, 0.15) is 15.9 Å². The van der Waals surface area contributed by atoms with Crippen LogP contribution in [-0.2, 0) is 11.3 Å². The second kappa shape index (κ2) is 7.40. The Morgan fingerprint density at radius 3 is 2.52 bits per heavy atom. The number of benzene rings is 1. The van der Waals surface area contributed by atoms with Crippen LogP contribution in [0, 0.1) is 5.82 Å². The molecule has 1 aliphatic rings. The molecule has 2 aromatic heterocycles. The minimum Gasteiger partial charge on any atom is -0.378 e. The lowest BCUT2D eigenvalue weighted by Crippen LogP contribution is -2.40. The molecular weight excluding hydrogens is 345 g/mol. The Bertz CT molecular complexity index is 946. The molecule has 27 heavy (non-hydrogen) atoms. The van der Waals surface area contributed by atoms with Gasteiger partial charge in [-0.2, -0.15) is 0 Å². The Morgan fingerprint density at radius 2 is 1.78 bits per heavy atom. The predicted molar refractivity (Wildman–Crippen MR) is 103 cm³/mol. The molecular formula is C21H22FN3O2. The van der Waals surface area contributed by atoms with Crippen molar-refractivity contribution in [1.82, 2.24) is 9.30 Å². The molecule has 0 unspecified atom stereocenters. The molecule has 0 aliphatic carbocycles. The van der Waals surface area contributed by atoms with E-state index in [-0.39, 0.29) is 11.7 Å². The lowest BCUT2D eigenvalue weighted by atomic mass is 10.2. The lowest BCUT2D eigenvalue weighted by molar-refractivity contribution is 0.0302. The smallest absolute Gasteiger partial charge is 0.255 e. The second-order valence-corrected chi connectivity index (χ2v) is 6.79. The average molecular weight is 367 g/mol. The minimum absolute atomic E-state index is 0.0287. The molecule has 5 nitrogen and oxygen atoms in total. The van der Waals surface area contributed by atoms with E-state index in [1.807, 2.05) is 46.8 Å². The van der Waals surface area contributed by atoms with Crippen molar-refractivity contribution >= 4 is 17.2 Å². The molecule has 1 fully saturated rings. The van der Waals surface area contributed by atoms with Crippen molar-refractivity contribution in [3.05, 3.63) is 71.7 Å². The van der Waals surface area contributed by atoms with E-state index in [0.29, 0.717) is 38.4 Å². The van der Waals surface area contributed by atoms with Crippen molar-refractivity contribution in [1.29, 1.82) is 0 Å². The number of hydrogen-bond acceptors (Lipinski definition) is 3. The maximum absolute atomic E-state index is 13.1. The van der Waals surface area contributed by atoms with Crippen molar-refractivity contribution in [2.24, 2.45) is 0 Å². The van der Waals surface area contributed by atoms with Gasteiger partial charge in [-0.05, 0) is 42.0 Å². The highest BCUT2D eigenvalue weighted by Crippen LogP contribution is 2.22. The molecule has 3 heterocycles. The van der Waals surface area contributed by atoms with E-state index in [1.165, 1.54) is 12.1 Å². The van der Waals surface area contributed by atoms with E-state index >= 15 is 0 Å². The maximum Gasteiger partial charge on any atom is 0.255 e. The first-order valence-corrected chi connectivity index (χ1v) is 9.05. The largest absolute Gasteiger partial charge is 0.378 e. The summed E-state index contributed by atoms with van der Waals surface area (Å²) < 4.78 is 20.5. The molecule has 0 spiro atoms. The van der Waals surface area contributed by atoms with Crippen LogP contribution in [0.5, 0.6) is 0 Å². The van der Waals surface area contributed by atoms with Crippen LogP contribution in [0.2, 0.25) is 0 Å². The fourth-order valence-electron chi connectivity index (χ4n) is 3.42. The molecule has 1 amide bonds. The molecule has 1 saturated heterocycles. The van der Waals surface area contributed by atoms with Crippen LogP contribution < -0.4 is 4.90 Å². The first-order chi connectivity index (χ1) is 13.1. The van der Waals surface area contributed by atoms with Gasteiger partial charge >= 0.3 is 0 Å². The molecule has 0 saturated carbocycles. The third-order valence-corrected chi connectivity index (χ3v) is 4.90. The van der Waals surface area contributed by atoms with Crippen LogP contribution in [-0.4, -0.2) is 48.6 Å². The molecule has 1 aromatic carbocycles. The van der Waals surface area contributed by atoms with Crippen molar-refractivity contribution in [2.75, 3.05) is 38.3 Å². The number of ether oxygens (including phenoxy) is 1. The van der Waals surface area contributed by atoms with Crippen LogP contribution in [0.4, 0.5) is 10.2 Å². The molecule has 4 rings (SSSR count). The average Bonchev–Trinajstić information content (AvgIpc) is 3.13. The normalized spacial score (nSPS) is 14.5. The Hall–Kier alpha value is -2.86. The van der Waals surface area contributed by atoms with E-state index in [9.17, 15) is 9.18 Å². The quantitative estimate of drug-likeness (QED) is 0.711. The molecule has 0 bridgehead atoms. The minimum atomic E-state index is -0.235. The number of carbonyl (C=O) groups excluding carboxylic acids is 1. The number of amides is 1. The molecule has 0 radical (unpaired) electrons. The molecule has 140 valence electrons. The molecule has 6 heteroatoms. The zero-order valence-corrected chi connectivity index (χ0v) is 15.3. The van der Waals surface area contributed by atoms with Crippen LogP contribution in [0.15, 0.2) is 54.7 Å². The van der Waals surface area contributed by atoms with Gasteiger partial charge in [-0.3, -0.25) is 4.79 Å². The van der Waals surface area contributed by atoms with Crippen molar-refractivity contribution < 1.29 is 13.9 Å². The number of nitrogens with zero attached hydrogens (tertiary/aromatic N) is 3. The fraction of sp³-hybridized carbons (Fsp3) is 0.286. The van der Waals surface area contributed by atoms with Gasteiger partial charge in [-0.25, -0.2) is 4.39 Å². The summed E-state index contributed by atoms with van der Waals surface area (Å²) in [4.78, 5) is 16.7. The zero-order valence-electron chi connectivity index (χ0n) is 15.3. The fourth-order valence-corrected chi connectivity index (χ4v) is 3.42. The van der Waals surface area contributed by atoms with E-state index in [2.05, 4.69) is 4.90 Å². The lowest BCUT2D eigenvalue weighted by Gasteiger charge is -2.27. The number of aromatic nitrogens is 1. The summed E-state index contributed by atoms with van der Waals surface area (Å²) in [6, 6.07) is 14.4. The van der Waals surface area contributed by atoms with Gasteiger partial charge in [0.2, 0.25) is 0 Å². The summed E-state index contributed by atoms with van der Waals surface area (Å²) in [5.74, 6) is 0.771. The number of rotatable bonds is 4. The van der Waals surface area contributed by atoms with Gasteiger partial charge in [0.1, 0.15) is 11.6 Å². The number of anilines is 1. The summed E-state index contributed by atoms with van der Waals surface area (Å²) in [6.45, 7) is 3.07. The number of pyridine rings is 1. The highest BCUT2D eigenvalue weighted by atomic mass is 19.1. The van der Waals surface area contributed by atoms with E-state index in [1.54, 1.807) is 12.1 Å². The van der Waals surface area contributed by atoms with Crippen LogP contribution in [0.3, 0.4) is 0 Å². The second-order valence-electron chi connectivity index (χ2n) is 6.79. The van der Waals surface area contributed by atoms with Crippen molar-refractivity contribution in [3.8, 4) is 0 Å². The summed E-state index contributed by atoms with van der Waals surface area (Å²) in [5, 5.41) is 0. The Labute approximate surface area is 157 Å². The topological polar surface area (TPSA) is 37.2 Å². The molecule has 0 N–H and O–H groups in total. The van der Waals surface area contributed by atoms with Crippen LogP contribution >= 0.6 is 0 Å². The third kappa shape index (κ3) is 3.66.